The third-order valence-corrected chi connectivity index (χ3v) is 2.66. The number of aromatic nitrogens is 3. The molecule has 1 amide bonds. The SMILES string of the molecule is Cc1nnc(NC(=O)c2ccc([N+](=O)[O-])cc2)n1C. The van der Waals surface area contributed by atoms with Crippen molar-refractivity contribution >= 4 is 17.5 Å². The van der Waals surface area contributed by atoms with Gasteiger partial charge in [-0.25, -0.2) is 0 Å². The van der Waals surface area contributed by atoms with E-state index in [9.17, 15) is 14.9 Å². The van der Waals surface area contributed by atoms with Crippen LogP contribution >= 0.6 is 0 Å². The number of nitrogens with one attached hydrogen (secondary N) is 1. The van der Waals surface area contributed by atoms with E-state index in [1.54, 1.807) is 18.5 Å². The Kier molecular flexibility index (Phi) is 3.23. The summed E-state index contributed by atoms with van der Waals surface area (Å²) in [6.07, 6.45) is 0. The Hall–Kier alpha value is -2.77. The van der Waals surface area contributed by atoms with Crippen molar-refractivity contribution in [2.75, 3.05) is 5.32 Å². The molecule has 0 aliphatic heterocycles. The van der Waals surface area contributed by atoms with Gasteiger partial charge in [-0.1, -0.05) is 0 Å². The summed E-state index contributed by atoms with van der Waals surface area (Å²) < 4.78 is 1.63. The summed E-state index contributed by atoms with van der Waals surface area (Å²) >= 11 is 0. The normalized spacial score (nSPS) is 10.2. The Labute approximate surface area is 108 Å². The first-order valence-electron chi connectivity index (χ1n) is 5.41. The number of nitrogens with zero attached hydrogens (tertiary/aromatic N) is 4. The average molecular weight is 261 g/mol. The van der Waals surface area contributed by atoms with Gasteiger partial charge in [0.25, 0.3) is 11.6 Å². The Balaban J connectivity index is 2.16. The molecule has 0 saturated heterocycles. The number of hydrogen-bond donors (Lipinski definition) is 1. The summed E-state index contributed by atoms with van der Waals surface area (Å²) in [5.74, 6) is 0.588. The van der Waals surface area contributed by atoms with E-state index in [4.69, 9.17) is 0 Å². The quantitative estimate of drug-likeness (QED) is 0.662. The molecular weight excluding hydrogens is 250 g/mol. The molecular formula is C11H11N5O3. The van der Waals surface area contributed by atoms with Gasteiger partial charge in [-0.15, -0.1) is 10.2 Å². The zero-order valence-electron chi connectivity index (χ0n) is 10.3. The zero-order chi connectivity index (χ0) is 14.0. The molecule has 0 saturated carbocycles. The van der Waals surface area contributed by atoms with E-state index in [2.05, 4.69) is 15.5 Å². The van der Waals surface area contributed by atoms with Crippen LogP contribution in [0.25, 0.3) is 0 Å². The van der Waals surface area contributed by atoms with Crippen molar-refractivity contribution in [3.05, 3.63) is 45.8 Å². The van der Waals surface area contributed by atoms with Crippen LogP contribution in [-0.4, -0.2) is 25.6 Å². The number of benzene rings is 1. The number of carbonyl (C=O) groups is 1. The fourth-order valence-electron chi connectivity index (χ4n) is 1.42. The highest BCUT2D eigenvalue weighted by molar-refractivity contribution is 6.03. The van der Waals surface area contributed by atoms with Gasteiger partial charge in [-0.05, 0) is 19.1 Å². The monoisotopic (exact) mass is 261 g/mol. The lowest BCUT2D eigenvalue weighted by Gasteiger charge is -2.04. The van der Waals surface area contributed by atoms with Crippen LogP contribution in [0.5, 0.6) is 0 Å². The lowest BCUT2D eigenvalue weighted by molar-refractivity contribution is -0.384. The summed E-state index contributed by atoms with van der Waals surface area (Å²) in [5.41, 5.74) is 0.248. The standard InChI is InChI=1S/C11H11N5O3/c1-7-13-14-11(15(7)2)12-10(17)8-3-5-9(6-4-8)16(18)19/h3-6H,1-2H3,(H,12,14,17). The van der Waals surface area contributed by atoms with Crippen LogP contribution in [0.4, 0.5) is 11.6 Å². The lowest BCUT2D eigenvalue weighted by atomic mass is 10.2. The molecule has 2 rings (SSSR count). The first-order chi connectivity index (χ1) is 8.99. The second-order valence-corrected chi connectivity index (χ2v) is 3.89. The molecule has 2 aromatic rings. The molecule has 0 fully saturated rings. The van der Waals surface area contributed by atoms with E-state index in [1.807, 2.05) is 0 Å². The van der Waals surface area contributed by atoms with Crippen LogP contribution in [-0.2, 0) is 7.05 Å². The van der Waals surface area contributed by atoms with Crippen LogP contribution in [0.3, 0.4) is 0 Å². The van der Waals surface area contributed by atoms with Crippen molar-refractivity contribution in [3.8, 4) is 0 Å². The summed E-state index contributed by atoms with van der Waals surface area (Å²) in [7, 11) is 1.72. The topological polar surface area (TPSA) is 103 Å². The van der Waals surface area contributed by atoms with Crippen LogP contribution in [0.2, 0.25) is 0 Å². The molecule has 1 aromatic heterocycles. The largest absolute Gasteiger partial charge is 0.300 e. The van der Waals surface area contributed by atoms with Crippen LogP contribution in [0.15, 0.2) is 24.3 Å². The van der Waals surface area contributed by atoms with E-state index < -0.39 is 10.8 Å². The molecule has 0 unspecified atom stereocenters. The Morgan fingerprint density at radius 1 is 1.32 bits per heavy atom. The number of nitro benzene ring substituents is 1. The van der Waals surface area contributed by atoms with Crippen molar-refractivity contribution in [1.29, 1.82) is 0 Å². The maximum atomic E-state index is 11.9. The van der Waals surface area contributed by atoms with Gasteiger partial charge in [-0.3, -0.25) is 20.2 Å². The highest BCUT2D eigenvalue weighted by atomic mass is 16.6. The third kappa shape index (κ3) is 2.57. The minimum Gasteiger partial charge on any atom is -0.300 e. The number of hydrogen-bond acceptors (Lipinski definition) is 5. The third-order valence-electron chi connectivity index (χ3n) is 2.66. The van der Waals surface area contributed by atoms with E-state index in [0.717, 1.165) is 0 Å². The molecule has 8 heteroatoms. The van der Waals surface area contributed by atoms with E-state index >= 15 is 0 Å². The van der Waals surface area contributed by atoms with Crippen molar-refractivity contribution < 1.29 is 9.72 Å². The molecule has 0 aliphatic rings. The van der Waals surface area contributed by atoms with Crippen molar-refractivity contribution in [2.45, 2.75) is 6.92 Å². The first-order valence-corrected chi connectivity index (χ1v) is 5.41. The number of nitro groups is 1. The van der Waals surface area contributed by atoms with Gasteiger partial charge in [0.2, 0.25) is 5.95 Å². The predicted octanol–water partition coefficient (Wildman–Crippen LogP) is 1.28. The second-order valence-electron chi connectivity index (χ2n) is 3.89. The van der Waals surface area contributed by atoms with Gasteiger partial charge in [0.15, 0.2) is 0 Å². The summed E-state index contributed by atoms with van der Waals surface area (Å²) in [4.78, 5) is 21.9. The molecule has 0 aliphatic carbocycles. The molecule has 0 atom stereocenters. The van der Waals surface area contributed by atoms with Crippen molar-refractivity contribution in [2.24, 2.45) is 7.05 Å². The number of aryl methyl sites for hydroxylation is 1. The highest BCUT2D eigenvalue weighted by Crippen LogP contribution is 2.13. The number of non-ortho nitro benzene ring substituents is 1. The highest BCUT2D eigenvalue weighted by Gasteiger charge is 2.12. The Morgan fingerprint density at radius 2 is 1.95 bits per heavy atom. The van der Waals surface area contributed by atoms with Gasteiger partial charge < -0.3 is 4.57 Å². The van der Waals surface area contributed by atoms with Gasteiger partial charge in [0.1, 0.15) is 5.82 Å². The number of amides is 1. The number of rotatable bonds is 3. The molecule has 8 nitrogen and oxygen atoms in total. The fraction of sp³-hybridized carbons (Fsp3) is 0.182. The van der Waals surface area contributed by atoms with Gasteiger partial charge >= 0.3 is 0 Å². The van der Waals surface area contributed by atoms with Crippen molar-refractivity contribution in [3.63, 3.8) is 0 Å². The Morgan fingerprint density at radius 3 is 2.42 bits per heavy atom. The predicted molar refractivity (Wildman–Crippen MR) is 66.8 cm³/mol. The molecule has 1 aromatic carbocycles. The Bertz CT molecular complexity index is 632. The maximum Gasteiger partial charge on any atom is 0.269 e. The van der Waals surface area contributed by atoms with Crippen LogP contribution < -0.4 is 5.32 Å². The summed E-state index contributed by atoms with van der Waals surface area (Å²) in [6, 6.07) is 5.32. The minimum absolute atomic E-state index is 0.0638. The first kappa shape index (κ1) is 12.7. The number of anilines is 1. The average Bonchev–Trinajstić information content (AvgIpc) is 2.71. The van der Waals surface area contributed by atoms with E-state index in [0.29, 0.717) is 17.3 Å². The van der Waals surface area contributed by atoms with E-state index in [1.165, 1.54) is 24.3 Å². The van der Waals surface area contributed by atoms with Gasteiger partial charge in [-0.2, -0.15) is 0 Å². The van der Waals surface area contributed by atoms with Crippen molar-refractivity contribution in [1.82, 2.24) is 14.8 Å². The second kappa shape index (κ2) is 4.84. The molecule has 0 radical (unpaired) electrons. The van der Waals surface area contributed by atoms with Crippen LogP contribution in [0, 0.1) is 17.0 Å². The van der Waals surface area contributed by atoms with Gasteiger partial charge in [0.05, 0.1) is 4.92 Å². The molecule has 1 N–H and O–H groups in total. The zero-order valence-corrected chi connectivity index (χ0v) is 10.3. The minimum atomic E-state index is -0.520. The van der Waals surface area contributed by atoms with Crippen LogP contribution in [0.1, 0.15) is 16.2 Å². The number of carbonyl (C=O) groups excluding carboxylic acids is 1. The lowest BCUT2D eigenvalue weighted by Crippen LogP contribution is -2.15. The summed E-state index contributed by atoms with van der Waals surface area (Å²) in [5, 5.41) is 20.7. The fourth-order valence-corrected chi connectivity index (χ4v) is 1.42. The molecule has 0 spiro atoms. The molecule has 0 bridgehead atoms. The smallest absolute Gasteiger partial charge is 0.269 e. The van der Waals surface area contributed by atoms with E-state index in [-0.39, 0.29) is 5.69 Å². The van der Waals surface area contributed by atoms with Gasteiger partial charge in [0, 0.05) is 24.7 Å². The maximum absolute atomic E-state index is 11.9. The summed E-state index contributed by atoms with van der Waals surface area (Å²) in [6.45, 7) is 1.76. The molecule has 98 valence electrons. The molecule has 19 heavy (non-hydrogen) atoms. The molecule has 1 heterocycles.